The predicted molar refractivity (Wildman–Crippen MR) is 355 cm³/mol. The number of aliphatic hydroxyl groups excluding tert-OH is 8. The van der Waals surface area contributed by atoms with Gasteiger partial charge in [0, 0.05) is 6.42 Å². The SMILES string of the molecule is CCCCCCC/C=C\C/C=C\CCCCCCCCCCCCCC(=O)NC(COC1OC(CO)C(OC2OC(CO)C(O)C(O)C2O)C(O)C1O)C(O)/C=C/CCCCCCCCCCCCCCCCCCCCCCCCCCCCCC. The highest BCUT2D eigenvalue weighted by Crippen LogP contribution is 2.30. The zero-order valence-corrected chi connectivity index (χ0v) is 55.8. The van der Waals surface area contributed by atoms with Crippen molar-refractivity contribution in [2.24, 2.45) is 0 Å². The number of rotatable bonds is 61. The maximum atomic E-state index is 13.3. The Morgan fingerprint density at radius 1 is 0.414 bits per heavy atom. The Bertz CT molecular complexity index is 1600. The summed E-state index contributed by atoms with van der Waals surface area (Å²) >= 11 is 0. The van der Waals surface area contributed by atoms with Crippen molar-refractivity contribution in [3.63, 3.8) is 0 Å². The Balaban J connectivity index is 1.66. The molecule has 2 fully saturated rings. The van der Waals surface area contributed by atoms with Gasteiger partial charge in [-0.15, -0.1) is 0 Å². The van der Waals surface area contributed by atoms with E-state index in [1.165, 1.54) is 257 Å². The quantitative estimate of drug-likeness (QED) is 0.0204. The third-order valence-electron chi connectivity index (χ3n) is 18.1. The van der Waals surface area contributed by atoms with Crippen LogP contribution in [0.4, 0.5) is 0 Å². The smallest absolute Gasteiger partial charge is 0.220 e. The van der Waals surface area contributed by atoms with Gasteiger partial charge in [-0.3, -0.25) is 4.79 Å². The molecule has 2 aliphatic heterocycles. The number of nitrogens with one attached hydrogen (secondary N) is 1. The summed E-state index contributed by atoms with van der Waals surface area (Å²) in [6.07, 6.45) is 57.7. The molecule has 0 aromatic heterocycles. The summed E-state index contributed by atoms with van der Waals surface area (Å²) in [4.78, 5) is 13.3. The predicted octanol–water partition coefficient (Wildman–Crippen LogP) is 15.3. The highest BCUT2D eigenvalue weighted by Gasteiger charge is 2.51. The third kappa shape index (κ3) is 42.1. The summed E-state index contributed by atoms with van der Waals surface area (Å²) in [5.41, 5.74) is 0. The van der Waals surface area contributed by atoms with Gasteiger partial charge in [-0.1, -0.05) is 307 Å². The monoisotopic (exact) mass is 1240 g/mol. The molecule has 0 bridgehead atoms. The average molecular weight is 1240 g/mol. The molecule has 0 aliphatic carbocycles. The van der Waals surface area contributed by atoms with Crippen molar-refractivity contribution in [2.75, 3.05) is 19.8 Å². The molecule has 0 aromatic carbocycles. The Morgan fingerprint density at radius 3 is 1.15 bits per heavy atom. The first-order chi connectivity index (χ1) is 42.6. The number of amides is 1. The molecule has 2 rings (SSSR count). The second-order valence-corrected chi connectivity index (χ2v) is 26.1. The molecule has 0 spiro atoms. The third-order valence-corrected chi connectivity index (χ3v) is 18.1. The minimum absolute atomic E-state index is 0.237. The van der Waals surface area contributed by atoms with Crippen LogP contribution in [-0.2, 0) is 23.7 Å². The molecule has 12 unspecified atom stereocenters. The normalized spacial score (nSPS) is 23.4. The standard InChI is InChI=1S/C73H137NO13/c1-3-5-7-9-11-13-15-17-19-21-23-25-27-28-29-30-31-32-33-35-36-38-40-42-44-46-48-50-52-54-56-62(77)61(60-84-72-70(83)68(81)71(64(59-76)86-72)87-73-69(82)67(80)66(79)63(58-75)85-73)74-65(78)57-55-53-51-49-47-45-43-41-39-37-34-26-24-22-20-18-16-14-12-10-8-6-4-2/h16,18,22,24,54,56,61-64,66-73,75-77,79-83H,3-15,17,19-21,23,25-53,55,57-60H2,1-2H3,(H,74,78)/b18-16-,24-22-,56-54+. The minimum atomic E-state index is -1.79. The first-order valence-corrected chi connectivity index (χ1v) is 36.7. The summed E-state index contributed by atoms with van der Waals surface area (Å²) < 4.78 is 22.9. The lowest BCUT2D eigenvalue weighted by molar-refractivity contribution is -0.359. The van der Waals surface area contributed by atoms with E-state index in [1.807, 2.05) is 6.08 Å². The van der Waals surface area contributed by atoms with Gasteiger partial charge in [0.25, 0.3) is 0 Å². The number of hydrogen-bond acceptors (Lipinski definition) is 13. The van der Waals surface area contributed by atoms with Gasteiger partial charge in [-0.05, 0) is 51.4 Å². The highest BCUT2D eigenvalue weighted by atomic mass is 16.7. The molecule has 9 N–H and O–H groups in total. The van der Waals surface area contributed by atoms with Crippen LogP contribution >= 0.6 is 0 Å². The van der Waals surface area contributed by atoms with E-state index >= 15 is 0 Å². The van der Waals surface area contributed by atoms with Gasteiger partial charge in [-0.2, -0.15) is 0 Å². The molecule has 1 amide bonds. The van der Waals surface area contributed by atoms with E-state index in [-0.39, 0.29) is 18.9 Å². The minimum Gasteiger partial charge on any atom is -0.394 e. The number of unbranched alkanes of at least 4 members (excludes halogenated alkanes) is 44. The van der Waals surface area contributed by atoms with Crippen LogP contribution in [0.5, 0.6) is 0 Å². The number of ether oxygens (including phenoxy) is 4. The summed E-state index contributed by atoms with van der Waals surface area (Å²) in [6, 6.07) is -0.917. The van der Waals surface area contributed by atoms with E-state index in [2.05, 4.69) is 43.5 Å². The van der Waals surface area contributed by atoms with Crippen molar-refractivity contribution in [3.05, 3.63) is 36.5 Å². The molecular weight excluding hydrogens is 1100 g/mol. The van der Waals surface area contributed by atoms with Crippen LogP contribution in [0.25, 0.3) is 0 Å². The summed E-state index contributed by atoms with van der Waals surface area (Å²) in [6.45, 7) is 2.84. The van der Waals surface area contributed by atoms with Crippen LogP contribution in [-0.4, -0.2) is 140 Å². The van der Waals surface area contributed by atoms with E-state index in [0.29, 0.717) is 6.42 Å². The van der Waals surface area contributed by atoms with Crippen LogP contribution in [0.3, 0.4) is 0 Å². The van der Waals surface area contributed by atoms with Crippen LogP contribution < -0.4 is 5.32 Å². The van der Waals surface area contributed by atoms with Gasteiger partial charge in [0.15, 0.2) is 12.6 Å². The first-order valence-electron chi connectivity index (χ1n) is 36.7. The van der Waals surface area contributed by atoms with Crippen molar-refractivity contribution in [1.29, 1.82) is 0 Å². The van der Waals surface area contributed by atoms with Crippen molar-refractivity contribution in [2.45, 2.75) is 402 Å². The number of carbonyl (C=O) groups is 1. The molecule has 2 heterocycles. The van der Waals surface area contributed by atoms with Gasteiger partial charge in [0.1, 0.15) is 48.8 Å². The molecular formula is C73H137NO13. The number of allylic oxidation sites excluding steroid dienone is 5. The second-order valence-electron chi connectivity index (χ2n) is 26.1. The molecule has 14 nitrogen and oxygen atoms in total. The van der Waals surface area contributed by atoms with Crippen LogP contribution in [0.15, 0.2) is 36.5 Å². The van der Waals surface area contributed by atoms with Gasteiger partial charge in [0.2, 0.25) is 5.91 Å². The summed E-state index contributed by atoms with van der Waals surface area (Å²) in [5, 5.41) is 87.5. The molecule has 87 heavy (non-hydrogen) atoms. The largest absolute Gasteiger partial charge is 0.394 e. The fraction of sp³-hybridized carbons (Fsp3) is 0.904. The lowest BCUT2D eigenvalue weighted by Gasteiger charge is -2.46. The Morgan fingerprint density at radius 2 is 0.759 bits per heavy atom. The molecule has 14 heteroatoms. The van der Waals surface area contributed by atoms with Crippen molar-refractivity contribution < 1.29 is 64.6 Å². The molecule has 2 aliphatic rings. The maximum Gasteiger partial charge on any atom is 0.220 e. The molecule has 12 atom stereocenters. The molecule has 512 valence electrons. The zero-order chi connectivity index (χ0) is 63.1. The molecule has 0 radical (unpaired) electrons. The fourth-order valence-electron chi connectivity index (χ4n) is 12.2. The van der Waals surface area contributed by atoms with Gasteiger partial charge in [0.05, 0.1) is 32.0 Å². The van der Waals surface area contributed by atoms with E-state index in [9.17, 15) is 45.6 Å². The Kier molecular flexibility index (Phi) is 54.3. The lowest BCUT2D eigenvalue weighted by atomic mass is 9.97. The lowest BCUT2D eigenvalue weighted by Crippen LogP contribution is -2.65. The van der Waals surface area contributed by atoms with Gasteiger partial charge >= 0.3 is 0 Å². The zero-order valence-electron chi connectivity index (χ0n) is 55.8. The van der Waals surface area contributed by atoms with E-state index in [4.69, 9.17) is 18.9 Å². The topological polar surface area (TPSA) is 228 Å². The first kappa shape index (κ1) is 81.3. The number of hydrogen-bond donors (Lipinski definition) is 9. The van der Waals surface area contributed by atoms with E-state index < -0.39 is 86.8 Å². The van der Waals surface area contributed by atoms with Crippen LogP contribution in [0.1, 0.15) is 328 Å². The number of carbonyl (C=O) groups excluding carboxylic acids is 1. The molecule has 2 saturated heterocycles. The summed E-state index contributed by atoms with van der Waals surface area (Å²) in [5.74, 6) is -0.237. The van der Waals surface area contributed by atoms with Crippen LogP contribution in [0, 0.1) is 0 Å². The second kappa shape index (κ2) is 58.1. The average Bonchev–Trinajstić information content (AvgIpc) is 2.33. The number of aliphatic hydroxyl groups is 8. The highest BCUT2D eigenvalue weighted by molar-refractivity contribution is 5.76. The van der Waals surface area contributed by atoms with Crippen LogP contribution in [0.2, 0.25) is 0 Å². The van der Waals surface area contributed by atoms with Crippen molar-refractivity contribution in [3.8, 4) is 0 Å². The van der Waals surface area contributed by atoms with Gasteiger partial charge in [-0.25, -0.2) is 0 Å². The van der Waals surface area contributed by atoms with Crippen molar-refractivity contribution in [1.82, 2.24) is 5.32 Å². The molecule has 0 aromatic rings. The molecule has 0 saturated carbocycles. The fourth-order valence-corrected chi connectivity index (χ4v) is 12.2. The van der Waals surface area contributed by atoms with Gasteiger partial charge < -0.3 is 65.1 Å². The van der Waals surface area contributed by atoms with Crippen molar-refractivity contribution >= 4 is 5.91 Å². The summed E-state index contributed by atoms with van der Waals surface area (Å²) in [7, 11) is 0. The maximum absolute atomic E-state index is 13.3. The van der Waals surface area contributed by atoms with E-state index in [1.54, 1.807) is 6.08 Å². The Labute approximate surface area is 531 Å². The Hall–Kier alpha value is -1.79. The van der Waals surface area contributed by atoms with E-state index in [0.717, 1.165) is 44.9 Å².